The molecule has 1 unspecified atom stereocenters. The van der Waals surface area contributed by atoms with Crippen LogP contribution in [0, 0.1) is 0 Å². The Morgan fingerprint density at radius 3 is 2.70 bits per heavy atom. The fourth-order valence-corrected chi connectivity index (χ4v) is 2.44. The number of amides is 2. The van der Waals surface area contributed by atoms with E-state index in [9.17, 15) is 9.59 Å². The van der Waals surface area contributed by atoms with Gasteiger partial charge in [0.05, 0.1) is 6.54 Å². The number of hydrogen-bond acceptors (Lipinski definition) is 5. The Morgan fingerprint density at radius 2 is 1.95 bits per heavy atom. The van der Waals surface area contributed by atoms with Crippen molar-refractivity contribution in [3.05, 3.63) is 29.4 Å². The number of fused-ring (bicyclic) bond motifs is 1. The Labute approximate surface area is 119 Å². The second kappa shape index (κ2) is 4.72. The van der Waals surface area contributed by atoms with Crippen molar-refractivity contribution in [3.63, 3.8) is 0 Å². The molecule has 6 nitrogen and oxygen atoms in total. The van der Waals surface area contributed by atoms with Gasteiger partial charge in [-0.1, -0.05) is 35.9 Å². The third-order valence-corrected chi connectivity index (χ3v) is 3.60. The number of rotatable bonds is 1. The van der Waals surface area contributed by atoms with Gasteiger partial charge in [-0.15, -0.1) is 10.2 Å². The highest BCUT2D eigenvalue weighted by atomic mass is 35.5. The molecule has 102 valence electrons. The summed E-state index contributed by atoms with van der Waals surface area (Å²) in [4.78, 5) is 24.9. The number of halogens is 1. The summed E-state index contributed by atoms with van der Waals surface area (Å²) in [6.45, 7) is 1.78. The van der Waals surface area contributed by atoms with Gasteiger partial charge < -0.3 is 4.90 Å². The van der Waals surface area contributed by atoms with Crippen molar-refractivity contribution in [1.82, 2.24) is 15.5 Å². The predicted molar refractivity (Wildman–Crippen MR) is 74.5 cm³/mol. The molecule has 1 N–H and O–H groups in total. The first-order valence-corrected chi connectivity index (χ1v) is 6.47. The second-order valence-electron chi connectivity index (χ2n) is 4.58. The Bertz CT molecular complexity index is 719. The lowest BCUT2D eigenvalue weighted by Gasteiger charge is -2.32. The van der Waals surface area contributed by atoms with E-state index in [0.717, 1.165) is 10.8 Å². The number of carbonyl (C=O) groups excluding carboxylic acids is 2. The molecule has 20 heavy (non-hydrogen) atoms. The number of carbonyl (C=O) groups is 2. The maximum Gasteiger partial charge on any atom is 0.249 e. The van der Waals surface area contributed by atoms with Crippen molar-refractivity contribution in [3.8, 4) is 0 Å². The Kier molecular flexibility index (Phi) is 3.02. The Hall–Kier alpha value is -2.21. The summed E-state index contributed by atoms with van der Waals surface area (Å²) < 4.78 is 0. The van der Waals surface area contributed by atoms with E-state index in [2.05, 4.69) is 15.5 Å². The summed E-state index contributed by atoms with van der Waals surface area (Å²) in [6.07, 6.45) is 0. The molecule has 1 aliphatic rings. The van der Waals surface area contributed by atoms with Crippen LogP contribution in [0.5, 0.6) is 0 Å². The average Bonchev–Trinajstić information content (AvgIpc) is 2.44. The van der Waals surface area contributed by atoms with Gasteiger partial charge in [-0.25, -0.2) is 0 Å². The highest BCUT2D eigenvalue weighted by molar-refractivity contribution is 6.34. The highest BCUT2D eigenvalue weighted by Gasteiger charge is 2.32. The number of benzene rings is 1. The third kappa shape index (κ3) is 1.98. The van der Waals surface area contributed by atoms with Gasteiger partial charge in [-0.3, -0.25) is 14.9 Å². The second-order valence-corrected chi connectivity index (χ2v) is 4.93. The lowest BCUT2D eigenvalue weighted by atomic mass is 10.1. The normalized spacial score (nSPS) is 19.3. The van der Waals surface area contributed by atoms with E-state index in [1.807, 2.05) is 24.3 Å². The molecule has 2 amide bonds. The summed E-state index contributed by atoms with van der Waals surface area (Å²) in [6, 6.07) is 6.87. The minimum atomic E-state index is -0.494. The van der Waals surface area contributed by atoms with Crippen molar-refractivity contribution >= 4 is 40.0 Å². The van der Waals surface area contributed by atoms with E-state index in [1.165, 1.54) is 0 Å². The molecular weight excluding hydrogens is 280 g/mol. The number of nitrogens with one attached hydrogen (secondary N) is 1. The standard InChI is InChI=1S/C13H11ClN4O2/c1-7-13(20)15-10(19)6-18(7)12-9-5-3-2-4-8(9)11(14)16-17-12/h2-5,7H,6H2,1H3,(H,15,19,20). The smallest absolute Gasteiger partial charge is 0.249 e. The van der Waals surface area contributed by atoms with Gasteiger partial charge in [-0.05, 0) is 6.92 Å². The van der Waals surface area contributed by atoms with Crippen LogP contribution < -0.4 is 10.2 Å². The molecular formula is C13H11ClN4O2. The van der Waals surface area contributed by atoms with Gasteiger partial charge in [-0.2, -0.15) is 0 Å². The largest absolute Gasteiger partial charge is 0.334 e. The average molecular weight is 291 g/mol. The third-order valence-electron chi connectivity index (χ3n) is 3.32. The van der Waals surface area contributed by atoms with Crippen LogP contribution >= 0.6 is 11.6 Å². The van der Waals surface area contributed by atoms with Gasteiger partial charge in [0.2, 0.25) is 11.8 Å². The maximum atomic E-state index is 11.7. The maximum absolute atomic E-state index is 11.7. The van der Waals surface area contributed by atoms with E-state index < -0.39 is 6.04 Å². The molecule has 1 aromatic carbocycles. The number of anilines is 1. The summed E-state index contributed by atoms with van der Waals surface area (Å²) in [7, 11) is 0. The quantitative estimate of drug-likeness (QED) is 0.797. The zero-order chi connectivity index (χ0) is 14.3. The van der Waals surface area contributed by atoms with Crippen molar-refractivity contribution in [2.75, 3.05) is 11.4 Å². The fourth-order valence-electron chi connectivity index (χ4n) is 2.24. The van der Waals surface area contributed by atoms with Gasteiger partial charge in [0, 0.05) is 10.8 Å². The molecule has 2 aromatic rings. The summed E-state index contributed by atoms with van der Waals surface area (Å²) >= 11 is 6.02. The van der Waals surface area contributed by atoms with Gasteiger partial charge in [0.25, 0.3) is 0 Å². The van der Waals surface area contributed by atoms with Crippen molar-refractivity contribution in [2.45, 2.75) is 13.0 Å². The molecule has 3 rings (SSSR count). The van der Waals surface area contributed by atoms with Crippen LogP contribution in [-0.4, -0.2) is 34.6 Å². The van der Waals surface area contributed by atoms with E-state index in [1.54, 1.807) is 11.8 Å². The van der Waals surface area contributed by atoms with E-state index >= 15 is 0 Å². The van der Waals surface area contributed by atoms with Gasteiger partial charge >= 0.3 is 0 Å². The zero-order valence-corrected chi connectivity index (χ0v) is 11.4. The fraction of sp³-hybridized carbons (Fsp3) is 0.231. The SMILES string of the molecule is CC1C(=O)NC(=O)CN1c1nnc(Cl)c2ccccc12. The van der Waals surface area contributed by atoms with Crippen molar-refractivity contribution in [2.24, 2.45) is 0 Å². The lowest BCUT2D eigenvalue weighted by Crippen LogP contribution is -2.57. The first kappa shape index (κ1) is 12.8. The number of imide groups is 1. The Morgan fingerprint density at radius 1 is 1.25 bits per heavy atom. The van der Waals surface area contributed by atoms with Crippen LogP contribution in [0.1, 0.15) is 6.92 Å². The molecule has 0 saturated carbocycles. The van der Waals surface area contributed by atoms with Crippen molar-refractivity contribution < 1.29 is 9.59 Å². The van der Waals surface area contributed by atoms with E-state index in [4.69, 9.17) is 11.6 Å². The number of aromatic nitrogens is 2. The molecule has 1 atom stereocenters. The molecule has 2 heterocycles. The predicted octanol–water partition coefficient (Wildman–Crippen LogP) is 1.13. The molecule has 0 bridgehead atoms. The minimum absolute atomic E-state index is 0.0627. The number of nitrogens with zero attached hydrogens (tertiary/aromatic N) is 3. The number of piperazine rings is 1. The molecule has 1 saturated heterocycles. The molecule has 0 radical (unpaired) electrons. The van der Waals surface area contributed by atoms with Crippen LogP contribution in [0.15, 0.2) is 24.3 Å². The zero-order valence-electron chi connectivity index (χ0n) is 10.6. The number of hydrogen-bond donors (Lipinski definition) is 1. The summed E-state index contributed by atoms with van der Waals surface area (Å²) in [5, 5.41) is 12.1. The molecule has 1 fully saturated rings. The summed E-state index contributed by atoms with van der Waals surface area (Å²) in [5.74, 6) is -0.211. The topological polar surface area (TPSA) is 75.2 Å². The molecule has 1 aromatic heterocycles. The molecule has 7 heteroatoms. The molecule has 0 aliphatic carbocycles. The van der Waals surface area contributed by atoms with E-state index in [-0.39, 0.29) is 18.4 Å². The van der Waals surface area contributed by atoms with Gasteiger partial charge in [0.15, 0.2) is 11.0 Å². The molecule has 1 aliphatic heterocycles. The van der Waals surface area contributed by atoms with Crippen LogP contribution in [0.3, 0.4) is 0 Å². The highest BCUT2D eigenvalue weighted by Crippen LogP contribution is 2.29. The van der Waals surface area contributed by atoms with Crippen LogP contribution in [0.25, 0.3) is 10.8 Å². The monoisotopic (exact) mass is 290 g/mol. The van der Waals surface area contributed by atoms with Crippen LogP contribution in [0.4, 0.5) is 5.82 Å². The van der Waals surface area contributed by atoms with Crippen molar-refractivity contribution in [1.29, 1.82) is 0 Å². The first-order valence-electron chi connectivity index (χ1n) is 6.09. The lowest BCUT2D eigenvalue weighted by molar-refractivity contribution is -0.132. The Balaban J connectivity index is 2.17. The van der Waals surface area contributed by atoms with Gasteiger partial charge in [0.1, 0.15) is 6.04 Å². The minimum Gasteiger partial charge on any atom is -0.334 e. The summed E-state index contributed by atoms with van der Waals surface area (Å²) in [5.41, 5.74) is 0. The van der Waals surface area contributed by atoms with E-state index in [0.29, 0.717) is 11.0 Å². The first-order chi connectivity index (χ1) is 9.58. The van der Waals surface area contributed by atoms with Crippen LogP contribution in [0.2, 0.25) is 5.15 Å². The van der Waals surface area contributed by atoms with Crippen LogP contribution in [-0.2, 0) is 9.59 Å². The molecule has 0 spiro atoms.